The van der Waals surface area contributed by atoms with Gasteiger partial charge in [-0.3, -0.25) is 0 Å². The van der Waals surface area contributed by atoms with Gasteiger partial charge in [-0.1, -0.05) is 231 Å². The second kappa shape index (κ2) is 16.5. The van der Waals surface area contributed by atoms with Crippen molar-refractivity contribution >= 4 is 106 Å². The van der Waals surface area contributed by atoms with Gasteiger partial charge < -0.3 is 0 Å². The van der Waals surface area contributed by atoms with Crippen molar-refractivity contribution in [3.05, 3.63) is 255 Å². The van der Waals surface area contributed by atoms with Crippen LogP contribution in [0.4, 0.5) is 0 Å². The van der Waals surface area contributed by atoms with Crippen LogP contribution in [0.15, 0.2) is 255 Å². The summed E-state index contributed by atoms with van der Waals surface area (Å²) >= 11 is 3.80. The SMILES string of the molecule is c1ccc(-c2c3ccccc3c(-c3cccc4sc5ccccc5c34)c3ccc(-c4ccc5c(c4)sc4c(-c6ccccc6)ccc(-c6c7ccccc7c(-c7ccccc7)c7ccccc67)c45)cc23)cc1. The van der Waals surface area contributed by atoms with E-state index < -0.39 is 0 Å². The lowest BCUT2D eigenvalue weighted by molar-refractivity contribution is 1.65. The van der Waals surface area contributed by atoms with E-state index in [0.717, 1.165) is 0 Å². The molecule has 0 aliphatic carbocycles. The van der Waals surface area contributed by atoms with Gasteiger partial charge in [-0.2, -0.15) is 0 Å². The fraction of sp³-hybridized carbons (Fsp3) is 0. The van der Waals surface area contributed by atoms with E-state index in [0.29, 0.717) is 0 Å². The minimum absolute atomic E-state index is 1.21. The van der Waals surface area contributed by atoms with Crippen LogP contribution in [0, 0.1) is 0 Å². The molecule has 0 aliphatic heterocycles. The number of rotatable bonds is 6. The fourth-order valence-electron chi connectivity index (χ4n) is 12.0. The quantitative estimate of drug-likeness (QED) is 0.146. The summed E-state index contributed by atoms with van der Waals surface area (Å²) in [7, 11) is 0. The van der Waals surface area contributed by atoms with Gasteiger partial charge in [0, 0.05) is 40.3 Å². The van der Waals surface area contributed by atoms with E-state index in [2.05, 4.69) is 255 Å². The van der Waals surface area contributed by atoms with E-state index in [4.69, 9.17) is 0 Å². The van der Waals surface area contributed by atoms with Crippen molar-refractivity contribution in [3.63, 3.8) is 0 Å². The van der Waals surface area contributed by atoms with Crippen LogP contribution in [0.1, 0.15) is 0 Å². The minimum atomic E-state index is 1.21. The van der Waals surface area contributed by atoms with E-state index in [9.17, 15) is 0 Å². The summed E-state index contributed by atoms with van der Waals surface area (Å²) in [5.74, 6) is 0. The highest BCUT2D eigenvalue weighted by Crippen LogP contribution is 2.52. The van der Waals surface area contributed by atoms with Crippen LogP contribution in [0.2, 0.25) is 0 Å². The molecule has 15 aromatic rings. The van der Waals surface area contributed by atoms with Crippen LogP contribution < -0.4 is 0 Å². The van der Waals surface area contributed by atoms with Gasteiger partial charge in [-0.15, -0.1) is 22.7 Å². The van der Waals surface area contributed by atoms with Gasteiger partial charge in [0.25, 0.3) is 0 Å². The summed E-state index contributed by atoms with van der Waals surface area (Å²) in [6.07, 6.45) is 0. The second-order valence-corrected chi connectivity index (χ2v) is 21.1. The summed E-state index contributed by atoms with van der Waals surface area (Å²) in [5, 5.41) is 15.3. The summed E-state index contributed by atoms with van der Waals surface area (Å²) in [6, 6.07) is 94.9. The van der Waals surface area contributed by atoms with Crippen molar-refractivity contribution in [2.45, 2.75) is 0 Å². The molecule has 0 aliphatic rings. The monoisotopic (exact) mass is 946 g/mol. The van der Waals surface area contributed by atoms with Crippen molar-refractivity contribution in [1.29, 1.82) is 0 Å². The Balaban J connectivity index is 0.992. The zero-order valence-corrected chi connectivity index (χ0v) is 40.7. The molecule has 2 heterocycles. The third-order valence-corrected chi connectivity index (χ3v) is 17.4. The molecule has 15 rings (SSSR count). The van der Waals surface area contributed by atoms with Gasteiger partial charge in [-0.05, 0) is 134 Å². The summed E-state index contributed by atoms with van der Waals surface area (Å²) < 4.78 is 5.22. The molecule has 0 radical (unpaired) electrons. The normalized spacial score (nSPS) is 11.9. The summed E-state index contributed by atoms with van der Waals surface area (Å²) in [4.78, 5) is 0. The molecular formula is C70H42S2. The zero-order chi connectivity index (χ0) is 47.3. The molecule has 0 fully saturated rings. The molecule has 0 amide bonds. The molecule has 2 heteroatoms. The highest BCUT2D eigenvalue weighted by atomic mass is 32.1. The summed E-state index contributed by atoms with van der Waals surface area (Å²) in [6.45, 7) is 0. The lowest BCUT2D eigenvalue weighted by Crippen LogP contribution is -1.92. The van der Waals surface area contributed by atoms with E-state index >= 15 is 0 Å². The molecule has 0 spiro atoms. The third kappa shape index (κ3) is 6.30. The average molecular weight is 947 g/mol. The molecule has 0 N–H and O–H groups in total. The molecule has 0 saturated carbocycles. The number of hydrogen-bond donors (Lipinski definition) is 0. The maximum atomic E-state index is 2.47. The van der Waals surface area contributed by atoms with Crippen LogP contribution in [0.25, 0.3) is 150 Å². The first-order valence-corrected chi connectivity index (χ1v) is 26.4. The average Bonchev–Trinajstić information content (AvgIpc) is 4.03. The number of benzene rings is 13. The van der Waals surface area contributed by atoms with Crippen molar-refractivity contribution in [3.8, 4) is 66.8 Å². The van der Waals surface area contributed by atoms with Gasteiger partial charge in [0.15, 0.2) is 0 Å². The number of hydrogen-bond acceptors (Lipinski definition) is 2. The first kappa shape index (κ1) is 41.2. The molecule has 0 nitrogen and oxygen atoms in total. The highest BCUT2D eigenvalue weighted by Gasteiger charge is 2.24. The standard InChI is InChI=1S/C70H42S2/c1-4-19-43(20-5-1)48-39-40-59(66-52-28-13-10-25-49(52)64(44-21-6-2-7-22-44)50-26-11-14-29-53(50)66)69-57-38-36-47(42-63(57)72-70(48)69)46-35-37-55-60(41-46)65(45-23-8-3-9-24-45)51-27-12-15-30-54(51)67(55)58-32-18-34-62-68(58)56-31-16-17-33-61(56)71-62/h1-42H. The van der Waals surface area contributed by atoms with E-state index in [1.807, 2.05) is 22.7 Å². The minimum Gasteiger partial charge on any atom is -0.135 e. The molecule has 334 valence electrons. The van der Waals surface area contributed by atoms with Gasteiger partial charge in [0.2, 0.25) is 0 Å². The van der Waals surface area contributed by atoms with Crippen LogP contribution in [0.5, 0.6) is 0 Å². The molecule has 2 aromatic heterocycles. The van der Waals surface area contributed by atoms with E-state index in [-0.39, 0.29) is 0 Å². The lowest BCUT2D eigenvalue weighted by Gasteiger charge is -2.19. The van der Waals surface area contributed by atoms with Crippen LogP contribution in [-0.4, -0.2) is 0 Å². The predicted octanol–water partition coefficient (Wildman–Crippen LogP) is 21.0. The zero-order valence-electron chi connectivity index (χ0n) is 39.1. The Morgan fingerprint density at radius 2 is 0.611 bits per heavy atom. The van der Waals surface area contributed by atoms with Crippen molar-refractivity contribution in [2.75, 3.05) is 0 Å². The first-order valence-electron chi connectivity index (χ1n) is 24.7. The molecule has 0 unspecified atom stereocenters. The Labute approximate surface area is 425 Å². The largest absolute Gasteiger partial charge is 0.135 e. The highest BCUT2D eigenvalue weighted by molar-refractivity contribution is 7.26. The van der Waals surface area contributed by atoms with Gasteiger partial charge in [0.05, 0.1) is 0 Å². The van der Waals surface area contributed by atoms with Crippen LogP contribution >= 0.6 is 22.7 Å². The van der Waals surface area contributed by atoms with Crippen LogP contribution in [0.3, 0.4) is 0 Å². The Morgan fingerprint density at radius 1 is 0.194 bits per heavy atom. The Bertz CT molecular complexity index is 4600. The topological polar surface area (TPSA) is 0 Å². The maximum absolute atomic E-state index is 2.47. The van der Waals surface area contributed by atoms with Crippen molar-refractivity contribution < 1.29 is 0 Å². The van der Waals surface area contributed by atoms with Crippen molar-refractivity contribution in [1.82, 2.24) is 0 Å². The van der Waals surface area contributed by atoms with Crippen molar-refractivity contribution in [2.24, 2.45) is 0 Å². The number of fused-ring (bicyclic) bond motifs is 10. The van der Waals surface area contributed by atoms with E-state index in [1.54, 1.807) is 0 Å². The van der Waals surface area contributed by atoms with Crippen LogP contribution in [-0.2, 0) is 0 Å². The molecular weight excluding hydrogens is 905 g/mol. The van der Waals surface area contributed by atoms with Gasteiger partial charge in [0.1, 0.15) is 0 Å². The predicted molar refractivity (Wildman–Crippen MR) is 315 cm³/mol. The molecule has 72 heavy (non-hydrogen) atoms. The summed E-state index contributed by atoms with van der Waals surface area (Å²) in [5.41, 5.74) is 15.0. The third-order valence-electron chi connectivity index (χ3n) is 15.1. The Hall–Kier alpha value is -8.66. The smallest absolute Gasteiger partial charge is 0.0440 e. The second-order valence-electron chi connectivity index (χ2n) is 18.9. The van der Waals surface area contributed by atoms with E-state index in [1.165, 1.54) is 150 Å². The molecule has 13 aromatic carbocycles. The Kier molecular flexibility index (Phi) is 9.41. The maximum Gasteiger partial charge on any atom is 0.0440 e. The first-order chi connectivity index (χ1) is 35.7. The fourth-order valence-corrected chi connectivity index (χ4v) is 14.4. The molecule has 0 bridgehead atoms. The lowest BCUT2D eigenvalue weighted by atomic mass is 9.83. The molecule has 0 atom stereocenters. The van der Waals surface area contributed by atoms with Gasteiger partial charge >= 0.3 is 0 Å². The number of thiophene rings is 2. The Morgan fingerprint density at radius 3 is 1.21 bits per heavy atom. The molecule has 0 saturated heterocycles. The van der Waals surface area contributed by atoms with Gasteiger partial charge in [-0.25, -0.2) is 0 Å².